The lowest BCUT2D eigenvalue weighted by Gasteiger charge is -2.14. The second-order valence-corrected chi connectivity index (χ2v) is 5.87. The number of benzene rings is 2. The van der Waals surface area contributed by atoms with Gasteiger partial charge in [0.2, 0.25) is 11.8 Å². The van der Waals surface area contributed by atoms with Gasteiger partial charge in [0.1, 0.15) is 5.82 Å². The van der Waals surface area contributed by atoms with E-state index >= 15 is 0 Å². The summed E-state index contributed by atoms with van der Waals surface area (Å²) in [5.74, 6) is -1.66. The van der Waals surface area contributed by atoms with Crippen molar-refractivity contribution in [2.75, 3.05) is 10.6 Å². The summed E-state index contributed by atoms with van der Waals surface area (Å²) in [5, 5.41) is 7.68. The smallest absolute Gasteiger partial charge is 0.251 e. The van der Waals surface area contributed by atoms with Gasteiger partial charge in [0.15, 0.2) is 0 Å². The molecule has 0 spiro atoms. The predicted octanol–water partition coefficient (Wildman–Crippen LogP) is 2.93. The van der Waals surface area contributed by atoms with Gasteiger partial charge in [-0.2, -0.15) is 0 Å². The van der Waals surface area contributed by atoms with Gasteiger partial charge in [-0.1, -0.05) is 18.2 Å². The Morgan fingerprint density at radius 1 is 1.04 bits per heavy atom. The molecule has 136 valence electrons. The largest absolute Gasteiger partial charge is 0.349 e. The van der Waals surface area contributed by atoms with E-state index in [0.717, 1.165) is 6.07 Å². The van der Waals surface area contributed by atoms with Gasteiger partial charge in [-0.25, -0.2) is 4.39 Å². The minimum atomic E-state index is -0.617. The molecule has 0 bridgehead atoms. The number of carbonyl (C=O) groups excluding carboxylic acids is 3. The summed E-state index contributed by atoms with van der Waals surface area (Å²) in [4.78, 5) is 35.2. The highest BCUT2D eigenvalue weighted by atomic mass is 19.1. The van der Waals surface area contributed by atoms with Crippen LogP contribution in [0.4, 0.5) is 15.8 Å². The maximum absolute atomic E-state index is 13.8. The normalized spacial score (nSPS) is 11.3. The molecule has 0 aromatic heterocycles. The summed E-state index contributed by atoms with van der Waals surface area (Å²) in [5.41, 5.74) is 0.830. The lowest BCUT2D eigenvalue weighted by Crippen LogP contribution is -2.35. The molecule has 2 aromatic rings. The summed E-state index contributed by atoms with van der Waals surface area (Å²) in [6.45, 7) is 3.02. The van der Waals surface area contributed by atoms with E-state index in [4.69, 9.17) is 0 Å². The lowest BCUT2D eigenvalue weighted by molar-refractivity contribution is -0.116. The fraction of sp³-hybridized carbons (Fsp3) is 0.211. The molecule has 6 nitrogen and oxygen atoms in total. The number of hydrogen-bond acceptors (Lipinski definition) is 3. The van der Waals surface area contributed by atoms with E-state index in [1.807, 2.05) is 0 Å². The van der Waals surface area contributed by atoms with Crippen LogP contribution in [0.15, 0.2) is 48.5 Å². The zero-order chi connectivity index (χ0) is 19.1. The second-order valence-electron chi connectivity index (χ2n) is 5.87. The van der Waals surface area contributed by atoms with Crippen LogP contribution in [-0.2, 0) is 9.59 Å². The van der Waals surface area contributed by atoms with Crippen molar-refractivity contribution in [3.63, 3.8) is 0 Å². The lowest BCUT2D eigenvalue weighted by atomic mass is 10.1. The van der Waals surface area contributed by atoms with Gasteiger partial charge in [0, 0.05) is 30.6 Å². The first-order chi connectivity index (χ1) is 12.3. The van der Waals surface area contributed by atoms with Crippen molar-refractivity contribution in [1.29, 1.82) is 0 Å². The van der Waals surface area contributed by atoms with E-state index in [0.29, 0.717) is 11.3 Å². The van der Waals surface area contributed by atoms with E-state index in [9.17, 15) is 18.8 Å². The third-order valence-electron chi connectivity index (χ3n) is 3.47. The van der Waals surface area contributed by atoms with Crippen LogP contribution in [0.25, 0.3) is 0 Å². The molecule has 1 unspecified atom stereocenters. The van der Waals surface area contributed by atoms with Gasteiger partial charge < -0.3 is 16.0 Å². The maximum atomic E-state index is 13.8. The van der Waals surface area contributed by atoms with Crippen LogP contribution in [-0.4, -0.2) is 23.8 Å². The Hall–Kier alpha value is -3.22. The molecule has 0 aliphatic heterocycles. The van der Waals surface area contributed by atoms with Crippen molar-refractivity contribution in [3.8, 4) is 0 Å². The zero-order valence-corrected chi connectivity index (χ0v) is 14.5. The average Bonchev–Trinajstić information content (AvgIpc) is 2.58. The monoisotopic (exact) mass is 357 g/mol. The molecule has 0 aliphatic carbocycles. The Labute approximate surface area is 150 Å². The zero-order valence-electron chi connectivity index (χ0n) is 14.5. The van der Waals surface area contributed by atoms with Gasteiger partial charge in [-0.15, -0.1) is 0 Å². The molecule has 0 fully saturated rings. The molecule has 0 aliphatic rings. The van der Waals surface area contributed by atoms with E-state index < -0.39 is 17.8 Å². The van der Waals surface area contributed by atoms with Gasteiger partial charge in [-0.05, 0) is 37.3 Å². The summed E-state index contributed by atoms with van der Waals surface area (Å²) in [7, 11) is 0. The first kappa shape index (κ1) is 19.1. The number of halogens is 1. The SMILES string of the molecule is CC(=O)Nc1ccc(F)c(NC(=O)CC(C)NC(=O)c2ccccc2)c1. The molecule has 0 heterocycles. The van der Waals surface area contributed by atoms with Gasteiger partial charge in [0.05, 0.1) is 5.69 Å². The van der Waals surface area contributed by atoms with Crippen LogP contribution in [0.5, 0.6) is 0 Å². The fourth-order valence-corrected chi connectivity index (χ4v) is 2.33. The molecule has 0 saturated heterocycles. The Balaban J connectivity index is 1.93. The van der Waals surface area contributed by atoms with Crippen molar-refractivity contribution < 1.29 is 18.8 Å². The summed E-state index contributed by atoms with van der Waals surface area (Å²) < 4.78 is 13.8. The maximum Gasteiger partial charge on any atom is 0.251 e. The van der Waals surface area contributed by atoms with Gasteiger partial charge in [-0.3, -0.25) is 14.4 Å². The van der Waals surface area contributed by atoms with Crippen LogP contribution >= 0.6 is 0 Å². The van der Waals surface area contributed by atoms with Gasteiger partial charge in [0.25, 0.3) is 5.91 Å². The fourth-order valence-electron chi connectivity index (χ4n) is 2.33. The second kappa shape index (κ2) is 8.75. The number of carbonyl (C=O) groups is 3. The highest BCUT2D eigenvalue weighted by Gasteiger charge is 2.15. The molecule has 3 N–H and O–H groups in total. The molecule has 26 heavy (non-hydrogen) atoms. The third-order valence-corrected chi connectivity index (χ3v) is 3.47. The van der Waals surface area contributed by atoms with E-state index in [-0.39, 0.29) is 23.9 Å². The van der Waals surface area contributed by atoms with E-state index in [1.165, 1.54) is 19.1 Å². The van der Waals surface area contributed by atoms with Crippen molar-refractivity contribution in [2.45, 2.75) is 26.3 Å². The van der Waals surface area contributed by atoms with Crippen LogP contribution in [0.1, 0.15) is 30.6 Å². The number of amides is 3. The number of anilines is 2. The molecule has 3 amide bonds. The summed E-state index contributed by atoms with van der Waals surface area (Å²) in [6.07, 6.45) is -0.0254. The molecule has 7 heteroatoms. The van der Waals surface area contributed by atoms with Gasteiger partial charge >= 0.3 is 0 Å². The molecule has 1 atom stereocenters. The van der Waals surface area contributed by atoms with Crippen LogP contribution in [0.3, 0.4) is 0 Å². The van der Waals surface area contributed by atoms with Crippen molar-refractivity contribution >= 4 is 29.1 Å². The van der Waals surface area contributed by atoms with Crippen molar-refractivity contribution in [2.24, 2.45) is 0 Å². The highest BCUT2D eigenvalue weighted by molar-refractivity contribution is 5.96. The number of hydrogen-bond donors (Lipinski definition) is 3. The highest BCUT2D eigenvalue weighted by Crippen LogP contribution is 2.20. The quantitative estimate of drug-likeness (QED) is 0.743. The molecule has 2 aromatic carbocycles. The van der Waals surface area contributed by atoms with Crippen molar-refractivity contribution in [1.82, 2.24) is 5.32 Å². The summed E-state index contributed by atoms with van der Waals surface area (Å²) >= 11 is 0. The third kappa shape index (κ3) is 5.70. The van der Waals surface area contributed by atoms with Crippen LogP contribution in [0, 0.1) is 5.82 Å². The van der Waals surface area contributed by atoms with Crippen molar-refractivity contribution in [3.05, 3.63) is 59.9 Å². The molecule has 2 rings (SSSR count). The Morgan fingerprint density at radius 2 is 1.73 bits per heavy atom. The average molecular weight is 357 g/mol. The van der Waals surface area contributed by atoms with E-state index in [1.54, 1.807) is 37.3 Å². The first-order valence-electron chi connectivity index (χ1n) is 8.08. The minimum absolute atomic E-state index is 0.0254. The molecule has 0 radical (unpaired) electrons. The number of rotatable bonds is 6. The number of nitrogens with one attached hydrogen (secondary N) is 3. The Morgan fingerprint density at radius 3 is 2.38 bits per heavy atom. The first-order valence-corrected chi connectivity index (χ1v) is 8.08. The Kier molecular flexibility index (Phi) is 6.43. The Bertz CT molecular complexity index is 809. The summed E-state index contributed by atoms with van der Waals surface area (Å²) in [6, 6.07) is 12.1. The van der Waals surface area contributed by atoms with E-state index in [2.05, 4.69) is 16.0 Å². The molecular weight excluding hydrogens is 337 g/mol. The molecule has 0 saturated carbocycles. The molecular formula is C19H20FN3O3. The van der Waals surface area contributed by atoms with Crippen LogP contribution < -0.4 is 16.0 Å². The minimum Gasteiger partial charge on any atom is -0.349 e. The van der Waals surface area contributed by atoms with Crippen LogP contribution in [0.2, 0.25) is 0 Å². The standard InChI is InChI=1S/C19H20FN3O3/c1-12(21-19(26)14-6-4-3-5-7-14)10-18(25)23-17-11-15(22-13(2)24)8-9-16(17)20/h3-9,11-12H,10H2,1-2H3,(H,21,26)(H,22,24)(H,23,25). The predicted molar refractivity (Wildman–Crippen MR) is 97.3 cm³/mol. The topological polar surface area (TPSA) is 87.3 Å².